The molecule has 3 heteroatoms. The second kappa shape index (κ2) is 7.45. The second-order valence-electron chi connectivity index (χ2n) is 13.5. The summed E-state index contributed by atoms with van der Waals surface area (Å²) in [5.41, 5.74) is -0.573. The summed E-state index contributed by atoms with van der Waals surface area (Å²) in [6.45, 7) is 13.4. The predicted octanol–water partition coefficient (Wildman–Crippen LogP) is 5.55. The number of aliphatic hydroxyl groups is 3. The summed E-state index contributed by atoms with van der Waals surface area (Å²) < 4.78 is 0. The van der Waals surface area contributed by atoms with Crippen molar-refractivity contribution >= 4 is 0 Å². The summed E-state index contributed by atoms with van der Waals surface area (Å²) in [5.74, 6) is 3.42. The van der Waals surface area contributed by atoms with E-state index in [0.717, 1.165) is 38.5 Å². The molecule has 4 aliphatic rings. The maximum atomic E-state index is 11.8. The lowest BCUT2D eigenvalue weighted by Gasteiger charge is -2.65. The summed E-state index contributed by atoms with van der Waals surface area (Å²) in [6, 6.07) is 0. The van der Waals surface area contributed by atoms with Crippen molar-refractivity contribution in [3.8, 4) is 0 Å². The van der Waals surface area contributed by atoms with Crippen LogP contribution in [0.15, 0.2) is 0 Å². The summed E-state index contributed by atoms with van der Waals surface area (Å²) in [4.78, 5) is 0. The van der Waals surface area contributed by atoms with Crippen LogP contribution in [-0.2, 0) is 0 Å². The third-order valence-corrected chi connectivity index (χ3v) is 11.0. The van der Waals surface area contributed by atoms with Gasteiger partial charge in [-0.3, -0.25) is 0 Å². The second-order valence-corrected chi connectivity index (χ2v) is 13.5. The van der Waals surface area contributed by atoms with Gasteiger partial charge in [-0.25, -0.2) is 0 Å². The van der Waals surface area contributed by atoms with E-state index in [0.29, 0.717) is 40.9 Å². The molecule has 4 saturated carbocycles. The van der Waals surface area contributed by atoms with Gasteiger partial charge in [0.25, 0.3) is 0 Å². The normalized spacial score (nSPS) is 52.3. The van der Waals surface area contributed by atoms with Gasteiger partial charge >= 0.3 is 0 Å². The van der Waals surface area contributed by atoms with Gasteiger partial charge in [-0.15, -0.1) is 0 Å². The van der Waals surface area contributed by atoms with Gasteiger partial charge in [-0.2, -0.15) is 0 Å². The van der Waals surface area contributed by atoms with Crippen LogP contribution >= 0.6 is 0 Å². The molecule has 4 unspecified atom stereocenters. The molecule has 10 atom stereocenters. The molecule has 0 aromatic heterocycles. The topological polar surface area (TPSA) is 60.7 Å². The van der Waals surface area contributed by atoms with Crippen LogP contribution in [0.5, 0.6) is 0 Å². The molecule has 174 valence electrons. The van der Waals surface area contributed by atoms with Crippen LogP contribution in [0.2, 0.25) is 0 Å². The molecule has 0 bridgehead atoms. The van der Waals surface area contributed by atoms with Crippen molar-refractivity contribution < 1.29 is 15.3 Å². The van der Waals surface area contributed by atoms with E-state index < -0.39 is 11.2 Å². The van der Waals surface area contributed by atoms with Gasteiger partial charge in [-0.05, 0) is 131 Å². The predicted molar refractivity (Wildman–Crippen MR) is 122 cm³/mol. The van der Waals surface area contributed by atoms with Gasteiger partial charge < -0.3 is 15.3 Å². The van der Waals surface area contributed by atoms with Crippen molar-refractivity contribution in [2.45, 2.75) is 123 Å². The van der Waals surface area contributed by atoms with Crippen molar-refractivity contribution in [1.29, 1.82) is 0 Å². The maximum absolute atomic E-state index is 11.8. The minimum atomic E-state index is -0.608. The van der Waals surface area contributed by atoms with E-state index in [1.54, 1.807) is 0 Å². The van der Waals surface area contributed by atoms with Crippen LogP contribution in [0.25, 0.3) is 0 Å². The highest BCUT2D eigenvalue weighted by Crippen LogP contribution is 2.70. The van der Waals surface area contributed by atoms with Crippen molar-refractivity contribution in [3.63, 3.8) is 0 Å². The van der Waals surface area contributed by atoms with Crippen LogP contribution in [0.4, 0.5) is 0 Å². The number of rotatable bonds is 4. The first-order chi connectivity index (χ1) is 13.8. The van der Waals surface area contributed by atoms with E-state index >= 15 is 0 Å². The summed E-state index contributed by atoms with van der Waals surface area (Å²) in [6.07, 6.45) is 10.7. The van der Waals surface area contributed by atoms with E-state index in [-0.39, 0.29) is 11.5 Å². The van der Waals surface area contributed by atoms with E-state index in [1.807, 2.05) is 13.8 Å². The summed E-state index contributed by atoms with van der Waals surface area (Å²) in [5, 5.41) is 32.4. The van der Waals surface area contributed by atoms with Crippen LogP contribution in [0.3, 0.4) is 0 Å². The Labute approximate surface area is 185 Å². The molecule has 0 amide bonds. The number of hydrogen-bond acceptors (Lipinski definition) is 3. The average Bonchev–Trinajstić information content (AvgIpc) is 2.97. The monoisotopic (exact) mass is 420 g/mol. The fourth-order valence-corrected chi connectivity index (χ4v) is 9.34. The van der Waals surface area contributed by atoms with Crippen LogP contribution < -0.4 is 0 Å². The standard InChI is InChI=1S/C27H48O3/c1-17(9-12-24(2,3)29)20-7-8-21-23-22(11-14-26(20,21)5)25(4)13-10-19(28)15-18(25)16-27(23,6)30/h17-23,28-30H,7-16H2,1-6H3/t17-,18?,19-,20-,21?,22?,23?,25+,26-,27-/m1/s1. The van der Waals surface area contributed by atoms with Gasteiger partial charge in [0.15, 0.2) is 0 Å². The first-order valence-electron chi connectivity index (χ1n) is 12.9. The van der Waals surface area contributed by atoms with Crippen LogP contribution in [-0.4, -0.2) is 32.6 Å². The zero-order chi connectivity index (χ0) is 22.1. The Kier molecular flexibility index (Phi) is 5.73. The molecule has 3 N–H and O–H groups in total. The Morgan fingerprint density at radius 3 is 2.27 bits per heavy atom. The summed E-state index contributed by atoms with van der Waals surface area (Å²) >= 11 is 0. The molecule has 0 heterocycles. The van der Waals surface area contributed by atoms with Crippen molar-refractivity contribution in [2.24, 2.45) is 46.3 Å². The highest BCUT2D eigenvalue weighted by atomic mass is 16.3. The lowest BCUT2D eigenvalue weighted by atomic mass is 9.41. The molecule has 0 aromatic carbocycles. The first-order valence-corrected chi connectivity index (χ1v) is 12.9. The molecule has 0 radical (unpaired) electrons. The molecule has 4 fully saturated rings. The van der Waals surface area contributed by atoms with E-state index in [2.05, 4.69) is 27.7 Å². The van der Waals surface area contributed by atoms with Crippen LogP contribution in [0, 0.1) is 46.3 Å². The SMILES string of the molecule is C[C@H](CCC(C)(C)O)[C@H]1CCC2C3C(CC[C@@]21C)[C@@]1(C)CC[C@@H](O)CC1C[C@@]3(C)O. The average molecular weight is 421 g/mol. The molecule has 0 aliphatic heterocycles. The minimum absolute atomic E-state index is 0.170. The van der Waals surface area contributed by atoms with Gasteiger partial charge in [0, 0.05) is 0 Å². The van der Waals surface area contributed by atoms with Gasteiger partial charge in [0.2, 0.25) is 0 Å². The van der Waals surface area contributed by atoms with E-state index in [1.165, 1.54) is 25.7 Å². The molecular formula is C27H48O3. The third kappa shape index (κ3) is 3.69. The van der Waals surface area contributed by atoms with E-state index in [4.69, 9.17) is 0 Å². The Bertz CT molecular complexity index is 637. The molecule has 0 spiro atoms. The Morgan fingerprint density at radius 1 is 0.967 bits per heavy atom. The van der Waals surface area contributed by atoms with Gasteiger partial charge in [0.05, 0.1) is 17.3 Å². The van der Waals surface area contributed by atoms with Gasteiger partial charge in [-0.1, -0.05) is 20.8 Å². The van der Waals surface area contributed by atoms with E-state index in [9.17, 15) is 15.3 Å². The Hall–Kier alpha value is -0.120. The lowest BCUT2D eigenvalue weighted by molar-refractivity contribution is -0.212. The smallest absolute Gasteiger partial charge is 0.0656 e. The fourth-order valence-electron chi connectivity index (χ4n) is 9.34. The minimum Gasteiger partial charge on any atom is -0.393 e. The lowest BCUT2D eigenvalue weighted by Crippen LogP contribution is -2.62. The molecular weight excluding hydrogens is 372 g/mol. The molecule has 3 nitrogen and oxygen atoms in total. The zero-order valence-electron chi connectivity index (χ0n) is 20.5. The van der Waals surface area contributed by atoms with Crippen LogP contribution in [0.1, 0.15) is 106 Å². The quantitative estimate of drug-likeness (QED) is 0.558. The molecule has 30 heavy (non-hydrogen) atoms. The molecule has 4 rings (SSSR count). The zero-order valence-corrected chi connectivity index (χ0v) is 20.5. The highest BCUT2D eigenvalue weighted by Gasteiger charge is 2.65. The Balaban J connectivity index is 1.58. The molecule has 0 aromatic rings. The number of fused-ring (bicyclic) bond motifs is 5. The Morgan fingerprint density at radius 2 is 1.60 bits per heavy atom. The highest BCUT2D eigenvalue weighted by molar-refractivity contribution is 5.14. The first kappa shape index (κ1) is 23.1. The van der Waals surface area contributed by atoms with Gasteiger partial charge in [0.1, 0.15) is 0 Å². The fraction of sp³-hybridized carbons (Fsp3) is 1.00. The molecule has 4 aliphatic carbocycles. The molecule has 0 saturated heterocycles. The number of hydrogen-bond donors (Lipinski definition) is 3. The van der Waals surface area contributed by atoms with Crippen molar-refractivity contribution in [2.75, 3.05) is 0 Å². The maximum Gasteiger partial charge on any atom is 0.0656 e. The summed E-state index contributed by atoms with van der Waals surface area (Å²) in [7, 11) is 0. The van der Waals surface area contributed by atoms with Crippen molar-refractivity contribution in [1.82, 2.24) is 0 Å². The largest absolute Gasteiger partial charge is 0.393 e. The number of aliphatic hydroxyl groups excluding tert-OH is 1. The third-order valence-electron chi connectivity index (χ3n) is 11.0. The van der Waals surface area contributed by atoms with Crippen molar-refractivity contribution in [3.05, 3.63) is 0 Å².